The van der Waals surface area contributed by atoms with Crippen LogP contribution in [-0.4, -0.2) is 35.2 Å². The lowest BCUT2D eigenvalue weighted by atomic mass is 10.5. The van der Waals surface area contributed by atoms with E-state index in [2.05, 4.69) is 20.6 Å². The fraction of sp³-hybridized carbons (Fsp3) is 0.444. The summed E-state index contributed by atoms with van der Waals surface area (Å²) in [6.45, 7) is 2.65. The molecule has 0 aliphatic carbocycles. The summed E-state index contributed by atoms with van der Waals surface area (Å²) in [5.74, 6) is 0.471. The van der Waals surface area contributed by atoms with Crippen LogP contribution in [-0.2, 0) is 4.79 Å². The van der Waals surface area contributed by atoms with Crippen LogP contribution < -0.4 is 10.6 Å². The van der Waals surface area contributed by atoms with E-state index >= 15 is 0 Å². The number of hydrogen-bond acceptors (Lipinski definition) is 5. The SMILES string of the molecule is CCNC(=O)CNc1cc(Cl)nc(SC)n1. The van der Waals surface area contributed by atoms with Crippen molar-refractivity contribution in [2.75, 3.05) is 24.7 Å². The molecule has 0 radical (unpaired) electrons. The molecule has 1 aromatic rings. The van der Waals surface area contributed by atoms with Crippen LogP contribution in [0.4, 0.5) is 5.82 Å². The molecule has 0 unspecified atom stereocenters. The largest absolute Gasteiger partial charge is 0.361 e. The standard InChI is InChI=1S/C9H13ClN4OS/c1-3-11-8(15)5-12-7-4-6(10)13-9(14-7)16-2/h4H,3,5H2,1-2H3,(H,11,15)(H,12,13,14). The molecule has 0 aromatic carbocycles. The second-order valence-corrected chi connectivity index (χ2v) is 4.03. The van der Waals surface area contributed by atoms with Gasteiger partial charge in [0.2, 0.25) is 5.91 Å². The Morgan fingerprint density at radius 1 is 1.56 bits per heavy atom. The van der Waals surface area contributed by atoms with Crippen molar-refractivity contribution in [2.45, 2.75) is 12.1 Å². The minimum Gasteiger partial charge on any atom is -0.361 e. The molecule has 0 atom stereocenters. The Hall–Kier alpha value is -1.01. The third-order valence-corrected chi connectivity index (χ3v) is 2.40. The van der Waals surface area contributed by atoms with Gasteiger partial charge < -0.3 is 10.6 Å². The van der Waals surface area contributed by atoms with Gasteiger partial charge in [-0.15, -0.1) is 0 Å². The minimum absolute atomic E-state index is 0.0806. The summed E-state index contributed by atoms with van der Waals surface area (Å²) in [5.41, 5.74) is 0. The third-order valence-electron chi connectivity index (χ3n) is 1.66. The van der Waals surface area contributed by atoms with E-state index in [1.54, 1.807) is 6.07 Å². The zero-order chi connectivity index (χ0) is 12.0. The summed E-state index contributed by atoms with van der Waals surface area (Å²) in [7, 11) is 0. The first kappa shape index (κ1) is 13.1. The average Bonchev–Trinajstić information content (AvgIpc) is 2.26. The van der Waals surface area contributed by atoms with Gasteiger partial charge in [0.05, 0.1) is 6.54 Å². The van der Waals surface area contributed by atoms with Gasteiger partial charge in [0.1, 0.15) is 11.0 Å². The molecule has 0 aliphatic heterocycles. The van der Waals surface area contributed by atoms with Crippen molar-refractivity contribution in [1.29, 1.82) is 0 Å². The molecule has 1 heterocycles. The van der Waals surface area contributed by atoms with Crippen LogP contribution in [0.3, 0.4) is 0 Å². The lowest BCUT2D eigenvalue weighted by Gasteiger charge is -2.06. The van der Waals surface area contributed by atoms with Crippen LogP contribution in [0.5, 0.6) is 0 Å². The zero-order valence-corrected chi connectivity index (χ0v) is 10.7. The van der Waals surface area contributed by atoms with E-state index < -0.39 is 0 Å². The number of nitrogens with one attached hydrogen (secondary N) is 2. The molecule has 7 heteroatoms. The maximum absolute atomic E-state index is 11.2. The predicted molar refractivity (Wildman–Crippen MR) is 66.0 cm³/mol. The number of halogens is 1. The van der Waals surface area contributed by atoms with Gasteiger partial charge in [0, 0.05) is 12.6 Å². The molecule has 0 bridgehead atoms. The third kappa shape index (κ3) is 4.24. The van der Waals surface area contributed by atoms with Crippen molar-refractivity contribution in [2.24, 2.45) is 0 Å². The van der Waals surface area contributed by atoms with E-state index in [4.69, 9.17) is 11.6 Å². The molecule has 0 saturated carbocycles. The summed E-state index contributed by atoms with van der Waals surface area (Å²) in [5, 5.41) is 6.49. The summed E-state index contributed by atoms with van der Waals surface area (Å²) < 4.78 is 0. The maximum atomic E-state index is 11.2. The lowest BCUT2D eigenvalue weighted by Crippen LogP contribution is -2.29. The van der Waals surface area contributed by atoms with Crippen LogP contribution in [0.15, 0.2) is 11.2 Å². The predicted octanol–water partition coefficient (Wildman–Crippen LogP) is 1.40. The van der Waals surface area contributed by atoms with Crippen molar-refractivity contribution in [3.05, 3.63) is 11.2 Å². The lowest BCUT2D eigenvalue weighted by molar-refractivity contribution is -0.119. The molecule has 1 rings (SSSR count). The van der Waals surface area contributed by atoms with Crippen LogP contribution in [0.1, 0.15) is 6.92 Å². The van der Waals surface area contributed by atoms with Gasteiger partial charge in [-0.2, -0.15) is 0 Å². The second kappa shape index (κ2) is 6.55. The van der Waals surface area contributed by atoms with Crippen molar-refractivity contribution < 1.29 is 4.79 Å². The first-order valence-electron chi connectivity index (χ1n) is 4.75. The molecular formula is C9H13ClN4OS. The van der Waals surface area contributed by atoms with Gasteiger partial charge in [-0.3, -0.25) is 4.79 Å². The van der Waals surface area contributed by atoms with E-state index in [0.717, 1.165) is 0 Å². The molecule has 0 spiro atoms. The Morgan fingerprint density at radius 3 is 2.94 bits per heavy atom. The van der Waals surface area contributed by atoms with Crippen LogP contribution in [0.2, 0.25) is 5.15 Å². The van der Waals surface area contributed by atoms with E-state index in [9.17, 15) is 4.79 Å². The van der Waals surface area contributed by atoms with E-state index in [1.165, 1.54) is 11.8 Å². The van der Waals surface area contributed by atoms with Crippen molar-refractivity contribution >= 4 is 35.1 Å². The van der Waals surface area contributed by atoms with Crippen LogP contribution in [0, 0.1) is 0 Å². The Balaban J connectivity index is 2.59. The van der Waals surface area contributed by atoms with Crippen molar-refractivity contribution in [3.8, 4) is 0 Å². The number of carbonyl (C=O) groups excluding carboxylic acids is 1. The highest BCUT2D eigenvalue weighted by Crippen LogP contribution is 2.16. The molecule has 16 heavy (non-hydrogen) atoms. The second-order valence-electron chi connectivity index (χ2n) is 2.87. The number of likely N-dealkylation sites (N-methyl/N-ethyl adjacent to an activating group) is 1. The number of hydrogen-bond donors (Lipinski definition) is 2. The Morgan fingerprint density at radius 2 is 2.31 bits per heavy atom. The maximum Gasteiger partial charge on any atom is 0.239 e. The smallest absolute Gasteiger partial charge is 0.239 e. The molecule has 5 nitrogen and oxygen atoms in total. The van der Waals surface area contributed by atoms with Crippen LogP contribution >= 0.6 is 23.4 Å². The van der Waals surface area contributed by atoms with Gasteiger partial charge in [-0.05, 0) is 13.2 Å². The number of carbonyl (C=O) groups is 1. The highest BCUT2D eigenvalue weighted by molar-refractivity contribution is 7.98. The Labute approximate surface area is 103 Å². The molecule has 1 aromatic heterocycles. The highest BCUT2D eigenvalue weighted by atomic mass is 35.5. The quantitative estimate of drug-likeness (QED) is 0.476. The van der Waals surface area contributed by atoms with Crippen molar-refractivity contribution in [3.63, 3.8) is 0 Å². The molecule has 0 fully saturated rings. The van der Waals surface area contributed by atoms with Crippen molar-refractivity contribution in [1.82, 2.24) is 15.3 Å². The molecule has 88 valence electrons. The number of rotatable bonds is 5. The molecule has 2 N–H and O–H groups in total. The number of thioether (sulfide) groups is 1. The number of nitrogens with zero attached hydrogens (tertiary/aromatic N) is 2. The topological polar surface area (TPSA) is 66.9 Å². The van der Waals surface area contributed by atoms with Gasteiger partial charge in [0.15, 0.2) is 5.16 Å². The monoisotopic (exact) mass is 260 g/mol. The summed E-state index contributed by atoms with van der Waals surface area (Å²) >= 11 is 7.19. The number of anilines is 1. The first-order chi connectivity index (χ1) is 7.65. The Bertz CT molecular complexity index is 375. The number of aromatic nitrogens is 2. The van der Waals surface area contributed by atoms with Gasteiger partial charge >= 0.3 is 0 Å². The average molecular weight is 261 g/mol. The summed E-state index contributed by atoms with van der Waals surface area (Å²) in [6, 6.07) is 1.58. The van der Waals surface area contributed by atoms with Gasteiger partial charge in [-0.25, -0.2) is 9.97 Å². The zero-order valence-electron chi connectivity index (χ0n) is 9.08. The summed E-state index contributed by atoms with van der Waals surface area (Å²) in [6.07, 6.45) is 1.86. The molecular weight excluding hydrogens is 248 g/mol. The van der Waals surface area contributed by atoms with E-state index in [-0.39, 0.29) is 12.5 Å². The van der Waals surface area contributed by atoms with Gasteiger partial charge in [-0.1, -0.05) is 23.4 Å². The highest BCUT2D eigenvalue weighted by Gasteiger charge is 2.04. The van der Waals surface area contributed by atoms with Gasteiger partial charge in [0.25, 0.3) is 0 Å². The Kier molecular flexibility index (Phi) is 5.34. The number of amides is 1. The fourth-order valence-electron chi connectivity index (χ4n) is 1.01. The molecule has 0 saturated heterocycles. The summed E-state index contributed by atoms with van der Waals surface area (Å²) in [4.78, 5) is 19.4. The molecule has 1 amide bonds. The van der Waals surface area contributed by atoms with E-state index in [1.807, 2.05) is 13.2 Å². The van der Waals surface area contributed by atoms with E-state index in [0.29, 0.717) is 22.7 Å². The fourth-order valence-corrected chi connectivity index (χ4v) is 1.62. The van der Waals surface area contributed by atoms with Crippen LogP contribution in [0.25, 0.3) is 0 Å². The minimum atomic E-state index is -0.0806. The normalized spacial score (nSPS) is 9.94. The first-order valence-corrected chi connectivity index (χ1v) is 6.35. The molecule has 0 aliphatic rings.